The van der Waals surface area contributed by atoms with Gasteiger partial charge in [0.2, 0.25) is 5.91 Å². The van der Waals surface area contributed by atoms with Crippen molar-refractivity contribution in [3.63, 3.8) is 0 Å². The molecule has 0 bridgehead atoms. The van der Waals surface area contributed by atoms with Crippen molar-refractivity contribution in [2.45, 2.75) is 25.4 Å². The Morgan fingerprint density at radius 2 is 2.25 bits per heavy atom. The smallest absolute Gasteiger partial charge is 0.244 e. The van der Waals surface area contributed by atoms with Crippen molar-refractivity contribution < 1.29 is 14.3 Å². The van der Waals surface area contributed by atoms with E-state index in [0.29, 0.717) is 32.8 Å². The van der Waals surface area contributed by atoms with Gasteiger partial charge in [-0.15, -0.1) is 0 Å². The highest BCUT2D eigenvalue weighted by Gasteiger charge is 2.26. The van der Waals surface area contributed by atoms with Gasteiger partial charge in [0.05, 0.1) is 31.6 Å². The number of carbonyl (C=O) groups is 1. The van der Waals surface area contributed by atoms with Gasteiger partial charge in [0, 0.05) is 33.2 Å². The molecule has 1 unspecified atom stereocenters. The number of hydrogen-bond donors (Lipinski definition) is 1. The maximum atomic E-state index is 12.0. The maximum absolute atomic E-state index is 12.0. The largest absolute Gasteiger partial charge is 0.382 e. The molecular weight excluding hydrogens is 260 g/mol. The van der Waals surface area contributed by atoms with Gasteiger partial charge in [-0.3, -0.25) is 9.69 Å². The third kappa shape index (κ3) is 3.36. The average molecular weight is 282 g/mol. The Kier molecular flexibility index (Phi) is 5.11. The number of anilines is 1. The zero-order valence-corrected chi connectivity index (χ0v) is 12.0. The molecule has 0 saturated carbocycles. The highest BCUT2D eigenvalue weighted by Crippen LogP contribution is 2.20. The summed E-state index contributed by atoms with van der Waals surface area (Å²) in [4.78, 5) is 13.6. The minimum atomic E-state index is -0.442. The van der Waals surface area contributed by atoms with Crippen LogP contribution in [-0.4, -0.2) is 55.7 Å². The molecule has 2 rings (SSSR count). The molecule has 0 saturated heterocycles. The zero-order valence-electron chi connectivity index (χ0n) is 12.0. The first-order valence-corrected chi connectivity index (χ1v) is 6.80. The van der Waals surface area contributed by atoms with E-state index in [2.05, 4.69) is 5.10 Å². The molecule has 2 N–H and O–H groups in total. The molecule has 20 heavy (non-hydrogen) atoms. The number of aryl methyl sites for hydroxylation is 1. The Bertz CT molecular complexity index is 460. The van der Waals surface area contributed by atoms with E-state index < -0.39 is 6.04 Å². The van der Waals surface area contributed by atoms with E-state index >= 15 is 0 Å². The third-order valence-electron chi connectivity index (χ3n) is 3.39. The van der Waals surface area contributed by atoms with E-state index in [1.807, 2.05) is 10.7 Å². The van der Waals surface area contributed by atoms with Crippen molar-refractivity contribution in [3.8, 4) is 0 Å². The first-order chi connectivity index (χ1) is 9.63. The van der Waals surface area contributed by atoms with Crippen LogP contribution in [0.25, 0.3) is 0 Å². The number of hydrogen-bond acceptors (Lipinski definition) is 5. The standard InChI is InChI=1S/C13H22N4O3/c1-16-12-9-10(4-6-20-8-7-19-2)15-17(12)5-3-11(14)13(16)18/h9,11H,3-8,14H2,1-2H3. The van der Waals surface area contributed by atoms with Gasteiger partial charge in [-0.25, -0.2) is 4.68 Å². The fourth-order valence-electron chi connectivity index (χ4n) is 2.18. The number of nitrogens with zero attached hydrogens (tertiary/aromatic N) is 3. The fourth-order valence-corrected chi connectivity index (χ4v) is 2.18. The molecule has 0 aliphatic carbocycles. The van der Waals surface area contributed by atoms with Crippen molar-refractivity contribution in [1.82, 2.24) is 9.78 Å². The first kappa shape index (κ1) is 15.0. The second-order valence-electron chi connectivity index (χ2n) is 4.86. The summed E-state index contributed by atoms with van der Waals surface area (Å²) in [5.41, 5.74) is 6.73. The summed E-state index contributed by atoms with van der Waals surface area (Å²) in [7, 11) is 3.38. The van der Waals surface area contributed by atoms with Gasteiger partial charge in [-0.2, -0.15) is 5.10 Å². The number of fused-ring (bicyclic) bond motifs is 1. The molecule has 1 aliphatic rings. The lowest BCUT2D eigenvalue weighted by atomic mass is 10.2. The van der Waals surface area contributed by atoms with E-state index in [9.17, 15) is 4.79 Å². The minimum Gasteiger partial charge on any atom is -0.382 e. The van der Waals surface area contributed by atoms with Gasteiger partial charge in [-0.05, 0) is 6.42 Å². The molecule has 1 amide bonds. The predicted octanol–water partition coefficient (Wildman–Crippen LogP) is -0.218. The van der Waals surface area contributed by atoms with Crippen LogP contribution in [0.1, 0.15) is 12.1 Å². The van der Waals surface area contributed by atoms with Crippen LogP contribution in [0.4, 0.5) is 5.82 Å². The number of amides is 1. The molecule has 1 atom stereocenters. The maximum Gasteiger partial charge on any atom is 0.244 e. The van der Waals surface area contributed by atoms with E-state index in [1.54, 1.807) is 19.1 Å². The number of methoxy groups -OCH3 is 1. The van der Waals surface area contributed by atoms with Gasteiger partial charge >= 0.3 is 0 Å². The van der Waals surface area contributed by atoms with Gasteiger partial charge in [0.1, 0.15) is 5.82 Å². The molecule has 112 valence electrons. The molecule has 2 heterocycles. The highest BCUT2D eigenvalue weighted by molar-refractivity contribution is 5.96. The number of nitrogens with two attached hydrogens (primary N) is 1. The molecule has 7 nitrogen and oxygen atoms in total. The topological polar surface area (TPSA) is 82.6 Å². The summed E-state index contributed by atoms with van der Waals surface area (Å²) < 4.78 is 12.2. The van der Waals surface area contributed by atoms with Crippen LogP contribution in [0.2, 0.25) is 0 Å². The predicted molar refractivity (Wildman–Crippen MR) is 74.6 cm³/mol. The zero-order chi connectivity index (χ0) is 14.5. The summed E-state index contributed by atoms with van der Waals surface area (Å²) in [6.07, 6.45) is 1.33. The molecule has 0 aromatic carbocycles. The SMILES string of the molecule is COCCOCCc1cc2n(n1)CCC(N)C(=O)N2C. The average Bonchev–Trinajstić information content (AvgIpc) is 2.82. The Labute approximate surface area is 118 Å². The van der Waals surface area contributed by atoms with Gasteiger partial charge in [0.25, 0.3) is 0 Å². The summed E-state index contributed by atoms with van der Waals surface area (Å²) in [5, 5.41) is 4.50. The Morgan fingerprint density at radius 3 is 3.00 bits per heavy atom. The molecule has 0 spiro atoms. The number of ether oxygens (including phenoxy) is 2. The lowest BCUT2D eigenvalue weighted by molar-refractivity contribution is -0.119. The first-order valence-electron chi connectivity index (χ1n) is 6.80. The molecule has 0 radical (unpaired) electrons. The highest BCUT2D eigenvalue weighted by atomic mass is 16.5. The monoisotopic (exact) mass is 282 g/mol. The number of carbonyl (C=O) groups excluding carboxylic acids is 1. The third-order valence-corrected chi connectivity index (χ3v) is 3.39. The molecule has 1 aliphatic heterocycles. The number of rotatable bonds is 6. The fraction of sp³-hybridized carbons (Fsp3) is 0.692. The van der Waals surface area contributed by atoms with Gasteiger partial charge < -0.3 is 15.2 Å². The van der Waals surface area contributed by atoms with Crippen molar-refractivity contribution >= 4 is 11.7 Å². The molecule has 1 aromatic heterocycles. The molecule has 7 heteroatoms. The van der Waals surface area contributed by atoms with Crippen LogP contribution in [0.3, 0.4) is 0 Å². The summed E-state index contributed by atoms with van der Waals surface area (Å²) in [5.74, 6) is 0.737. The quantitative estimate of drug-likeness (QED) is 0.730. The second-order valence-corrected chi connectivity index (χ2v) is 4.86. The summed E-state index contributed by atoms with van der Waals surface area (Å²) in [6.45, 7) is 2.43. The number of aromatic nitrogens is 2. The van der Waals surface area contributed by atoms with Gasteiger partial charge in [-0.1, -0.05) is 0 Å². The summed E-state index contributed by atoms with van der Waals surface area (Å²) >= 11 is 0. The van der Waals surface area contributed by atoms with Gasteiger partial charge in [0.15, 0.2) is 0 Å². The van der Waals surface area contributed by atoms with Crippen LogP contribution < -0.4 is 10.6 Å². The van der Waals surface area contributed by atoms with Crippen LogP contribution in [0.15, 0.2) is 6.07 Å². The molecule has 0 fully saturated rings. The summed E-state index contributed by atoms with van der Waals surface area (Å²) in [6, 6.07) is 1.48. The van der Waals surface area contributed by atoms with Crippen molar-refractivity contribution in [2.75, 3.05) is 38.9 Å². The van der Waals surface area contributed by atoms with E-state index in [4.69, 9.17) is 15.2 Å². The van der Waals surface area contributed by atoms with E-state index in [0.717, 1.165) is 17.9 Å². The lowest BCUT2D eigenvalue weighted by Crippen LogP contribution is -2.40. The Hall–Kier alpha value is -1.44. The minimum absolute atomic E-state index is 0.0634. The van der Waals surface area contributed by atoms with E-state index in [1.165, 1.54) is 0 Å². The van der Waals surface area contributed by atoms with Crippen LogP contribution in [0.5, 0.6) is 0 Å². The Balaban J connectivity index is 1.95. The lowest BCUT2D eigenvalue weighted by Gasteiger charge is -2.16. The second kappa shape index (κ2) is 6.83. The van der Waals surface area contributed by atoms with E-state index in [-0.39, 0.29) is 5.91 Å². The van der Waals surface area contributed by atoms with Crippen LogP contribution in [0, 0.1) is 0 Å². The number of likely N-dealkylation sites (N-methyl/N-ethyl adjacent to an activating group) is 1. The van der Waals surface area contributed by atoms with Crippen molar-refractivity contribution in [2.24, 2.45) is 5.73 Å². The van der Waals surface area contributed by atoms with Crippen LogP contribution >= 0.6 is 0 Å². The van der Waals surface area contributed by atoms with Crippen LogP contribution in [-0.2, 0) is 27.2 Å². The molecule has 1 aromatic rings. The van der Waals surface area contributed by atoms with Crippen molar-refractivity contribution in [3.05, 3.63) is 11.8 Å². The molecular formula is C13H22N4O3. The normalized spacial score (nSPS) is 19.1. The van der Waals surface area contributed by atoms with Crippen molar-refractivity contribution in [1.29, 1.82) is 0 Å². The Morgan fingerprint density at radius 1 is 1.45 bits per heavy atom.